The number of rotatable bonds is 4. The van der Waals surface area contributed by atoms with E-state index in [9.17, 15) is 13.6 Å². The van der Waals surface area contributed by atoms with Gasteiger partial charge in [0.05, 0.1) is 19.2 Å². The first kappa shape index (κ1) is 13.9. The van der Waals surface area contributed by atoms with E-state index < -0.39 is 17.8 Å². The summed E-state index contributed by atoms with van der Waals surface area (Å²) in [4.78, 5) is 13.4. The molecule has 0 spiro atoms. The molecule has 1 amide bonds. The number of amides is 1. The Morgan fingerprint density at radius 1 is 1.53 bits per heavy atom. The first-order valence-corrected chi connectivity index (χ1v) is 6.03. The number of carbonyl (C=O) groups is 1. The molecule has 1 saturated heterocycles. The molecule has 1 N–H and O–H groups in total. The van der Waals surface area contributed by atoms with Gasteiger partial charge in [-0.05, 0) is 19.1 Å². The number of ether oxygens (including phenoxy) is 1. The average Bonchev–Trinajstić information content (AvgIpc) is 2.71. The molecule has 1 aliphatic heterocycles. The van der Waals surface area contributed by atoms with Crippen molar-refractivity contribution in [2.45, 2.75) is 19.1 Å². The smallest absolute Gasteiger partial charge is 0.238 e. The van der Waals surface area contributed by atoms with Gasteiger partial charge in [-0.1, -0.05) is 0 Å². The second-order valence-electron chi connectivity index (χ2n) is 4.55. The quantitative estimate of drug-likeness (QED) is 0.900. The van der Waals surface area contributed by atoms with Crippen molar-refractivity contribution in [3.63, 3.8) is 0 Å². The van der Waals surface area contributed by atoms with E-state index in [1.54, 1.807) is 0 Å². The van der Waals surface area contributed by atoms with Gasteiger partial charge in [0.15, 0.2) is 0 Å². The molecule has 0 bridgehead atoms. The van der Waals surface area contributed by atoms with Crippen LogP contribution in [0.2, 0.25) is 0 Å². The van der Waals surface area contributed by atoms with Gasteiger partial charge < -0.3 is 9.64 Å². The van der Waals surface area contributed by atoms with E-state index in [1.165, 1.54) is 24.1 Å². The van der Waals surface area contributed by atoms with E-state index in [2.05, 4.69) is 5.32 Å². The van der Waals surface area contributed by atoms with E-state index in [0.29, 0.717) is 6.61 Å². The Morgan fingerprint density at radius 3 is 2.89 bits per heavy atom. The van der Waals surface area contributed by atoms with E-state index >= 15 is 0 Å². The van der Waals surface area contributed by atoms with E-state index in [4.69, 9.17) is 4.74 Å². The van der Waals surface area contributed by atoms with Gasteiger partial charge in [-0.3, -0.25) is 10.1 Å². The first-order chi connectivity index (χ1) is 9.04. The third-order valence-corrected chi connectivity index (χ3v) is 3.15. The first-order valence-electron chi connectivity index (χ1n) is 6.03. The molecule has 0 aliphatic carbocycles. The molecule has 104 valence electrons. The monoisotopic (exact) mass is 270 g/mol. The molecule has 1 aromatic carbocycles. The minimum Gasteiger partial charge on any atom is -0.383 e. The lowest BCUT2D eigenvalue weighted by Crippen LogP contribution is -2.40. The second kappa shape index (κ2) is 5.63. The molecule has 1 fully saturated rings. The summed E-state index contributed by atoms with van der Waals surface area (Å²) >= 11 is 0. The zero-order valence-electron chi connectivity index (χ0n) is 10.8. The van der Waals surface area contributed by atoms with Gasteiger partial charge in [-0.25, -0.2) is 8.78 Å². The number of nitrogens with zero attached hydrogens (tertiary/aromatic N) is 1. The van der Waals surface area contributed by atoms with Gasteiger partial charge in [0.2, 0.25) is 5.91 Å². The zero-order valence-corrected chi connectivity index (χ0v) is 10.8. The van der Waals surface area contributed by atoms with Crippen LogP contribution in [0.4, 0.5) is 8.78 Å². The fourth-order valence-corrected chi connectivity index (χ4v) is 2.32. The highest BCUT2D eigenvalue weighted by Crippen LogP contribution is 2.27. The molecule has 0 aromatic heterocycles. The highest BCUT2D eigenvalue weighted by molar-refractivity contribution is 5.81. The third kappa shape index (κ3) is 2.74. The van der Waals surface area contributed by atoms with Crippen LogP contribution in [-0.2, 0) is 9.53 Å². The largest absolute Gasteiger partial charge is 0.383 e. The molecule has 1 heterocycles. The molecule has 2 unspecified atom stereocenters. The van der Waals surface area contributed by atoms with Crippen LogP contribution in [0.5, 0.6) is 0 Å². The summed E-state index contributed by atoms with van der Waals surface area (Å²) < 4.78 is 31.8. The molecule has 6 heteroatoms. The van der Waals surface area contributed by atoms with Crippen LogP contribution >= 0.6 is 0 Å². The van der Waals surface area contributed by atoms with E-state index in [1.807, 2.05) is 6.92 Å². The summed E-state index contributed by atoms with van der Waals surface area (Å²) in [5.41, 5.74) is 0.259. The molecule has 1 aromatic rings. The third-order valence-electron chi connectivity index (χ3n) is 3.15. The number of carbonyl (C=O) groups excluding carboxylic acids is 1. The van der Waals surface area contributed by atoms with Gasteiger partial charge in [-0.15, -0.1) is 0 Å². The average molecular weight is 270 g/mol. The van der Waals surface area contributed by atoms with Crippen LogP contribution in [-0.4, -0.2) is 37.1 Å². The molecule has 0 saturated carbocycles. The van der Waals surface area contributed by atoms with Crippen molar-refractivity contribution in [2.24, 2.45) is 0 Å². The van der Waals surface area contributed by atoms with Crippen LogP contribution in [0.15, 0.2) is 18.2 Å². The van der Waals surface area contributed by atoms with Crippen LogP contribution in [0.1, 0.15) is 18.7 Å². The van der Waals surface area contributed by atoms with Crippen molar-refractivity contribution in [3.05, 3.63) is 35.4 Å². The van der Waals surface area contributed by atoms with Gasteiger partial charge in [-0.2, -0.15) is 0 Å². The van der Waals surface area contributed by atoms with Crippen molar-refractivity contribution in [1.29, 1.82) is 0 Å². The van der Waals surface area contributed by atoms with Crippen LogP contribution in [0.25, 0.3) is 0 Å². The number of nitrogens with one attached hydrogen (secondary N) is 1. The highest BCUT2D eigenvalue weighted by atomic mass is 19.1. The van der Waals surface area contributed by atoms with E-state index in [0.717, 1.165) is 6.07 Å². The van der Waals surface area contributed by atoms with Crippen molar-refractivity contribution >= 4 is 5.91 Å². The SMILES string of the molecule is COCC(C)N1C(=O)CNC1c1ccc(F)cc1F. The maximum Gasteiger partial charge on any atom is 0.238 e. The molecule has 19 heavy (non-hydrogen) atoms. The minimum absolute atomic E-state index is 0.127. The zero-order chi connectivity index (χ0) is 14.0. The Balaban J connectivity index is 2.29. The summed E-state index contributed by atoms with van der Waals surface area (Å²) in [6, 6.07) is 3.16. The molecule has 4 nitrogen and oxygen atoms in total. The lowest BCUT2D eigenvalue weighted by molar-refractivity contribution is -0.131. The number of hydrogen-bond donors (Lipinski definition) is 1. The lowest BCUT2D eigenvalue weighted by Gasteiger charge is -2.30. The summed E-state index contributed by atoms with van der Waals surface area (Å²) in [6.07, 6.45) is -0.585. The molecule has 2 atom stereocenters. The predicted octanol–water partition coefficient (Wildman–Crippen LogP) is 1.43. The van der Waals surface area contributed by atoms with Gasteiger partial charge in [0, 0.05) is 18.7 Å². The molecular weight excluding hydrogens is 254 g/mol. The molecule has 0 radical (unpaired) electrons. The Morgan fingerprint density at radius 2 is 2.26 bits per heavy atom. The lowest BCUT2D eigenvalue weighted by atomic mass is 10.1. The standard InChI is InChI=1S/C13H16F2N2O2/c1-8(7-19-2)17-12(18)6-16-13(17)10-4-3-9(14)5-11(10)15/h3-5,8,13,16H,6-7H2,1-2H3. The van der Waals surface area contributed by atoms with Gasteiger partial charge in [0.25, 0.3) is 0 Å². The summed E-state index contributed by atoms with van der Waals surface area (Å²) in [5.74, 6) is -1.43. The van der Waals surface area contributed by atoms with Gasteiger partial charge in [0.1, 0.15) is 17.8 Å². The summed E-state index contributed by atoms with van der Waals surface area (Å²) in [6.45, 7) is 2.31. The Kier molecular flexibility index (Phi) is 4.11. The van der Waals surface area contributed by atoms with Crippen LogP contribution < -0.4 is 5.32 Å². The number of methoxy groups -OCH3 is 1. The number of benzene rings is 1. The Labute approximate surface area is 110 Å². The summed E-state index contributed by atoms with van der Waals surface area (Å²) in [7, 11) is 1.54. The fourth-order valence-electron chi connectivity index (χ4n) is 2.32. The van der Waals surface area contributed by atoms with Crippen molar-refractivity contribution < 1.29 is 18.3 Å². The van der Waals surface area contributed by atoms with Crippen molar-refractivity contribution in [1.82, 2.24) is 10.2 Å². The number of halogens is 2. The Hall–Kier alpha value is -1.53. The molecular formula is C13H16F2N2O2. The van der Waals surface area contributed by atoms with Crippen LogP contribution in [0.3, 0.4) is 0 Å². The minimum atomic E-state index is -0.665. The predicted molar refractivity (Wildman–Crippen MR) is 65.3 cm³/mol. The van der Waals surface area contributed by atoms with Crippen LogP contribution in [0, 0.1) is 11.6 Å². The maximum atomic E-state index is 13.8. The number of hydrogen-bond acceptors (Lipinski definition) is 3. The molecule has 2 rings (SSSR count). The maximum absolute atomic E-state index is 13.8. The normalized spacial score (nSPS) is 20.9. The van der Waals surface area contributed by atoms with Crippen molar-refractivity contribution in [3.8, 4) is 0 Å². The Bertz CT molecular complexity index is 482. The second-order valence-corrected chi connectivity index (χ2v) is 4.55. The highest BCUT2D eigenvalue weighted by Gasteiger charge is 2.36. The van der Waals surface area contributed by atoms with E-state index in [-0.39, 0.29) is 24.1 Å². The topological polar surface area (TPSA) is 41.6 Å². The molecule has 1 aliphatic rings. The van der Waals surface area contributed by atoms with Crippen molar-refractivity contribution in [2.75, 3.05) is 20.3 Å². The summed E-state index contributed by atoms with van der Waals surface area (Å²) in [5, 5.41) is 2.93. The van der Waals surface area contributed by atoms with Gasteiger partial charge >= 0.3 is 0 Å². The fraction of sp³-hybridized carbons (Fsp3) is 0.462.